The first-order valence-electron chi connectivity index (χ1n) is 11.7. The van der Waals surface area contributed by atoms with Gasteiger partial charge >= 0.3 is 0 Å². The number of unbranched alkanes of at least 4 members (excludes halogenated alkanes) is 7. The minimum absolute atomic E-state index is 0.0448. The highest BCUT2D eigenvalue weighted by Gasteiger charge is 2.11. The minimum atomic E-state index is 0.0448. The Hall–Kier alpha value is -2.41. The van der Waals surface area contributed by atoms with Crippen LogP contribution < -0.4 is 4.74 Å². The first-order valence-corrected chi connectivity index (χ1v) is 11.7. The van der Waals surface area contributed by atoms with Gasteiger partial charge < -0.3 is 4.74 Å². The Bertz CT molecular complexity index is 769. The van der Waals surface area contributed by atoms with Crippen LogP contribution in [0.4, 0.5) is 0 Å². The van der Waals surface area contributed by atoms with Crippen molar-refractivity contribution in [2.45, 2.75) is 84.5 Å². The van der Waals surface area contributed by atoms with Crippen LogP contribution >= 0.6 is 0 Å². The van der Waals surface area contributed by atoms with Crippen molar-refractivity contribution in [1.29, 1.82) is 5.26 Å². The molecule has 0 saturated carbocycles. The smallest absolute Gasteiger partial charge is 0.163 e. The summed E-state index contributed by atoms with van der Waals surface area (Å²) >= 11 is 0. The molecule has 0 fully saturated rings. The third kappa shape index (κ3) is 8.53. The summed E-state index contributed by atoms with van der Waals surface area (Å²) < 4.78 is 5.99. The Kier molecular flexibility index (Phi) is 11.6. The predicted octanol–water partition coefficient (Wildman–Crippen LogP) is 7.15. The summed E-state index contributed by atoms with van der Waals surface area (Å²) in [5, 5.41) is 9.11. The highest BCUT2D eigenvalue weighted by atomic mass is 16.5. The van der Waals surface area contributed by atoms with Crippen LogP contribution in [0.1, 0.15) is 83.7 Å². The first kappa shape index (κ1) is 23.9. The first-order chi connectivity index (χ1) is 14.8. The molecule has 0 aliphatic heterocycles. The van der Waals surface area contributed by atoms with Gasteiger partial charge in [0.2, 0.25) is 0 Å². The topological polar surface area (TPSA) is 58.8 Å². The molecule has 0 aliphatic carbocycles. The number of hydrogen-bond acceptors (Lipinski definition) is 4. The summed E-state index contributed by atoms with van der Waals surface area (Å²) in [5.41, 5.74) is 2.01. The van der Waals surface area contributed by atoms with E-state index in [1.807, 2.05) is 43.5 Å². The van der Waals surface area contributed by atoms with E-state index in [1.165, 1.54) is 51.4 Å². The molecular weight excluding hydrogens is 370 g/mol. The molecule has 2 aromatic rings. The van der Waals surface area contributed by atoms with Gasteiger partial charge in [0.05, 0.1) is 18.2 Å². The molecule has 1 atom stereocenters. The Balaban J connectivity index is 1.87. The van der Waals surface area contributed by atoms with Crippen LogP contribution in [-0.4, -0.2) is 16.6 Å². The maximum atomic E-state index is 9.11. The van der Waals surface area contributed by atoms with E-state index in [0.717, 1.165) is 42.1 Å². The van der Waals surface area contributed by atoms with E-state index < -0.39 is 0 Å². The molecule has 2 rings (SSSR count). The van der Waals surface area contributed by atoms with Crippen molar-refractivity contribution in [2.75, 3.05) is 6.61 Å². The molecule has 1 aromatic carbocycles. The fourth-order valence-corrected chi connectivity index (χ4v) is 3.55. The van der Waals surface area contributed by atoms with Gasteiger partial charge in [-0.25, -0.2) is 9.97 Å². The molecule has 0 saturated heterocycles. The molecule has 0 spiro atoms. The van der Waals surface area contributed by atoms with Gasteiger partial charge in [-0.3, -0.25) is 0 Å². The van der Waals surface area contributed by atoms with Crippen molar-refractivity contribution in [2.24, 2.45) is 5.92 Å². The van der Waals surface area contributed by atoms with Gasteiger partial charge in [-0.15, -0.1) is 0 Å². The van der Waals surface area contributed by atoms with Crippen molar-refractivity contribution in [3.05, 3.63) is 42.2 Å². The number of hydrogen-bond donors (Lipinski definition) is 0. The van der Waals surface area contributed by atoms with Gasteiger partial charge in [0, 0.05) is 17.8 Å². The monoisotopic (exact) mass is 407 g/mol. The summed E-state index contributed by atoms with van der Waals surface area (Å²) in [6, 6.07) is 12.3. The second-order valence-electron chi connectivity index (χ2n) is 7.96. The molecule has 0 aliphatic rings. The van der Waals surface area contributed by atoms with Crippen LogP contribution in [0.2, 0.25) is 0 Å². The number of nitriles is 1. The molecule has 0 N–H and O–H groups in total. The summed E-state index contributed by atoms with van der Waals surface area (Å²) in [6.07, 6.45) is 15.0. The Morgan fingerprint density at radius 1 is 0.967 bits per heavy atom. The summed E-state index contributed by atoms with van der Waals surface area (Å²) in [4.78, 5) is 9.28. The molecule has 4 heteroatoms. The second kappa shape index (κ2) is 14.6. The fraction of sp³-hybridized carbons (Fsp3) is 0.577. The van der Waals surface area contributed by atoms with Crippen molar-refractivity contribution >= 4 is 0 Å². The van der Waals surface area contributed by atoms with Gasteiger partial charge in [-0.05, 0) is 43.9 Å². The summed E-state index contributed by atoms with van der Waals surface area (Å²) in [6.45, 7) is 4.83. The van der Waals surface area contributed by atoms with Gasteiger partial charge in [0.1, 0.15) is 5.75 Å². The van der Waals surface area contributed by atoms with Crippen LogP contribution in [-0.2, 0) is 6.42 Å². The second-order valence-corrected chi connectivity index (χ2v) is 7.96. The molecule has 0 bridgehead atoms. The summed E-state index contributed by atoms with van der Waals surface area (Å²) in [5.74, 6) is 1.55. The fourth-order valence-electron chi connectivity index (χ4n) is 3.55. The lowest BCUT2D eigenvalue weighted by Crippen LogP contribution is -2.06. The number of aromatic nitrogens is 2. The maximum Gasteiger partial charge on any atom is 0.163 e. The van der Waals surface area contributed by atoms with E-state index >= 15 is 0 Å². The van der Waals surface area contributed by atoms with Crippen molar-refractivity contribution < 1.29 is 4.74 Å². The Morgan fingerprint density at radius 3 is 2.43 bits per heavy atom. The number of aryl methyl sites for hydroxylation is 1. The standard InChI is InChI=1S/C26H37N3O/c1-3-5-6-7-8-9-10-11-14-23-17-19-28-26(29-23)24-15-12-13-16-25(24)30-20-18-22(4-2)21-27/h12-13,15-17,19,22H,3-11,14,18,20H2,1-2H3. The average Bonchev–Trinajstić information content (AvgIpc) is 2.79. The lowest BCUT2D eigenvalue weighted by molar-refractivity contribution is 0.292. The third-order valence-corrected chi connectivity index (χ3v) is 5.53. The SMILES string of the molecule is CCCCCCCCCCc1ccnc(-c2ccccc2OCCC(C#N)CC)n1. The van der Waals surface area contributed by atoms with E-state index in [0.29, 0.717) is 6.61 Å². The number of para-hydroxylation sites is 1. The van der Waals surface area contributed by atoms with E-state index in [1.54, 1.807) is 0 Å². The van der Waals surface area contributed by atoms with Crippen LogP contribution in [0.5, 0.6) is 5.75 Å². The van der Waals surface area contributed by atoms with Gasteiger partial charge in [-0.2, -0.15) is 5.26 Å². The zero-order chi connectivity index (χ0) is 21.4. The number of nitrogens with zero attached hydrogens (tertiary/aromatic N) is 3. The Morgan fingerprint density at radius 2 is 1.70 bits per heavy atom. The molecular formula is C26H37N3O. The molecule has 1 aromatic heterocycles. The van der Waals surface area contributed by atoms with Crippen LogP contribution in [0.15, 0.2) is 36.5 Å². The van der Waals surface area contributed by atoms with Gasteiger partial charge in [0.15, 0.2) is 5.82 Å². The van der Waals surface area contributed by atoms with Crippen molar-refractivity contribution in [3.8, 4) is 23.2 Å². The lowest BCUT2D eigenvalue weighted by Gasteiger charge is -2.12. The van der Waals surface area contributed by atoms with E-state index in [9.17, 15) is 0 Å². The van der Waals surface area contributed by atoms with E-state index in [2.05, 4.69) is 18.0 Å². The van der Waals surface area contributed by atoms with Crippen LogP contribution in [0.25, 0.3) is 11.4 Å². The zero-order valence-corrected chi connectivity index (χ0v) is 18.8. The number of benzene rings is 1. The molecule has 0 amide bonds. The Labute approximate surface area is 182 Å². The maximum absolute atomic E-state index is 9.11. The molecule has 1 unspecified atom stereocenters. The molecule has 4 nitrogen and oxygen atoms in total. The van der Waals surface area contributed by atoms with Gasteiger partial charge in [-0.1, -0.05) is 70.9 Å². The highest BCUT2D eigenvalue weighted by Crippen LogP contribution is 2.27. The average molecular weight is 408 g/mol. The normalized spacial score (nSPS) is 11.8. The number of ether oxygens (including phenoxy) is 1. The van der Waals surface area contributed by atoms with Crippen molar-refractivity contribution in [1.82, 2.24) is 9.97 Å². The minimum Gasteiger partial charge on any atom is -0.493 e. The predicted molar refractivity (Wildman–Crippen MR) is 123 cm³/mol. The van der Waals surface area contributed by atoms with Gasteiger partial charge in [0.25, 0.3) is 0 Å². The van der Waals surface area contributed by atoms with E-state index in [-0.39, 0.29) is 5.92 Å². The lowest BCUT2D eigenvalue weighted by atomic mass is 10.1. The van der Waals surface area contributed by atoms with Crippen molar-refractivity contribution in [3.63, 3.8) is 0 Å². The third-order valence-electron chi connectivity index (χ3n) is 5.53. The number of rotatable bonds is 15. The van der Waals surface area contributed by atoms with E-state index in [4.69, 9.17) is 15.0 Å². The van der Waals surface area contributed by atoms with Crippen LogP contribution in [0.3, 0.4) is 0 Å². The molecule has 0 radical (unpaired) electrons. The highest BCUT2D eigenvalue weighted by molar-refractivity contribution is 5.63. The zero-order valence-electron chi connectivity index (χ0n) is 18.8. The molecule has 1 heterocycles. The summed E-state index contributed by atoms with van der Waals surface area (Å²) in [7, 11) is 0. The largest absolute Gasteiger partial charge is 0.493 e. The van der Waals surface area contributed by atoms with Crippen LogP contribution in [0, 0.1) is 17.2 Å². The molecule has 30 heavy (non-hydrogen) atoms. The quantitative estimate of drug-likeness (QED) is 0.294. The molecule has 162 valence electrons.